The van der Waals surface area contributed by atoms with Crippen LogP contribution in [0.25, 0.3) is 0 Å². The molecule has 0 aromatic heterocycles. The van der Waals surface area contributed by atoms with Gasteiger partial charge in [-0.05, 0) is 24.3 Å². The Morgan fingerprint density at radius 1 is 1.60 bits per heavy atom. The van der Waals surface area contributed by atoms with Crippen LogP contribution in [-0.2, 0) is 4.79 Å². The van der Waals surface area contributed by atoms with E-state index in [-0.39, 0.29) is 6.04 Å². The largest absolute Gasteiger partial charge is 0.321 e. The SMILES string of the molecule is CCCSCCC(N)[C]=O. The van der Waals surface area contributed by atoms with E-state index in [1.54, 1.807) is 6.29 Å². The summed E-state index contributed by atoms with van der Waals surface area (Å²) < 4.78 is 0. The van der Waals surface area contributed by atoms with Crippen molar-refractivity contribution in [3.63, 3.8) is 0 Å². The number of carbonyl (C=O) groups excluding carboxylic acids is 1. The number of hydrogen-bond donors (Lipinski definition) is 1. The molecule has 0 aromatic carbocycles. The van der Waals surface area contributed by atoms with Crippen LogP contribution < -0.4 is 5.73 Å². The number of nitrogens with two attached hydrogens (primary N) is 1. The summed E-state index contributed by atoms with van der Waals surface area (Å²) in [4.78, 5) is 9.91. The smallest absolute Gasteiger partial charge is 0.216 e. The van der Waals surface area contributed by atoms with Crippen LogP contribution in [0.15, 0.2) is 0 Å². The Morgan fingerprint density at radius 3 is 2.80 bits per heavy atom. The predicted octanol–water partition coefficient (Wildman–Crippen LogP) is 0.957. The Balaban J connectivity index is 2.95. The van der Waals surface area contributed by atoms with E-state index in [9.17, 15) is 4.79 Å². The first-order valence-electron chi connectivity index (χ1n) is 3.52. The van der Waals surface area contributed by atoms with Gasteiger partial charge in [-0.2, -0.15) is 11.8 Å². The Labute approximate surface area is 66.6 Å². The summed E-state index contributed by atoms with van der Waals surface area (Å²) in [6, 6.07) is -0.371. The maximum atomic E-state index is 9.91. The minimum Gasteiger partial charge on any atom is -0.321 e. The van der Waals surface area contributed by atoms with Gasteiger partial charge in [-0.3, -0.25) is 4.79 Å². The molecule has 0 fully saturated rings. The van der Waals surface area contributed by atoms with Crippen molar-refractivity contribution in [2.45, 2.75) is 25.8 Å². The second-order valence-corrected chi connectivity index (χ2v) is 3.35. The third-order valence-corrected chi connectivity index (χ3v) is 2.29. The van der Waals surface area contributed by atoms with Gasteiger partial charge in [0.25, 0.3) is 0 Å². The zero-order valence-corrected chi connectivity index (χ0v) is 7.12. The number of thioether (sulfide) groups is 1. The van der Waals surface area contributed by atoms with E-state index in [0.717, 1.165) is 17.9 Å². The van der Waals surface area contributed by atoms with Crippen molar-refractivity contribution in [2.75, 3.05) is 11.5 Å². The van der Waals surface area contributed by atoms with Crippen molar-refractivity contribution in [3.8, 4) is 0 Å². The van der Waals surface area contributed by atoms with Crippen LogP contribution in [0, 0.1) is 0 Å². The molecule has 1 unspecified atom stereocenters. The molecule has 0 rings (SSSR count). The Hall–Kier alpha value is -0.0200. The molecule has 2 nitrogen and oxygen atoms in total. The van der Waals surface area contributed by atoms with Gasteiger partial charge in [-0.25, -0.2) is 0 Å². The first kappa shape index (κ1) is 9.98. The summed E-state index contributed by atoms with van der Waals surface area (Å²) in [6.07, 6.45) is 3.70. The number of rotatable bonds is 6. The zero-order valence-electron chi connectivity index (χ0n) is 6.30. The van der Waals surface area contributed by atoms with Crippen LogP contribution in [0.2, 0.25) is 0 Å². The molecule has 0 aliphatic heterocycles. The molecule has 3 heteroatoms. The fraction of sp³-hybridized carbons (Fsp3) is 0.857. The van der Waals surface area contributed by atoms with Crippen LogP contribution >= 0.6 is 11.8 Å². The molecule has 0 amide bonds. The molecule has 2 N–H and O–H groups in total. The second-order valence-electron chi connectivity index (χ2n) is 2.13. The van der Waals surface area contributed by atoms with Gasteiger partial charge in [0.15, 0.2) is 0 Å². The highest BCUT2D eigenvalue weighted by atomic mass is 32.2. The quantitative estimate of drug-likeness (QED) is 0.588. The van der Waals surface area contributed by atoms with Gasteiger partial charge >= 0.3 is 0 Å². The lowest BCUT2D eigenvalue weighted by molar-refractivity contribution is 0.539. The highest BCUT2D eigenvalue weighted by Crippen LogP contribution is 2.04. The Kier molecular flexibility index (Phi) is 7.08. The third kappa shape index (κ3) is 6.11. The van der Waals surface area contributed by atoms with E-state index >= 15 is 0 Å². The molecule has 0 aliphatic rings. The van der Waals surface area contributed by atoms with Crippen LogP contribution in [0.4, 0.5) is 0 Å². The lowest BCUT2D eigenvalue weighted by Crippen LogP contribution is -2.21. The standard InChI is InChI=1S/C7H14NOS/c1-2-4-10-5-3-7(8)6-9/h7H,2-5,8H2,1H3. The van der Waals surface area contributed by atoms with Crippen LogP contribution in [0.3, 0.4) is 0 Å². The summed E-state index contributed by atoms with van der Waals surface area (Å²) in [5, 5.41) is 0. The van der Waals surface area contributed by atoms with Gasteiger partial charge in [0, 0.05) is 0 Å². The van der Waals surface area contributed by atoms with Crippen LogP contribution in [0.5, 0.6) is 0 Å². The molecule has 1 radical (unpaired) electrons. The molecule has 1 atom stereocenters. The zero-order chi connectivity index (χ0) is 7.82. The van der Waals surface area contributed by atoms with Crippen LogP contribution in [-0.4, -0.2) is 23.8 Å². The maximum absolute atomic E-state index is 9.91. The fourth-order valence-electron chi connectivity index (χ4n) is 0.516. The summed E-state index contributed by atoms with van der Waals surface area (Å²) in [6.45, 7) is 2.14. The lowest BCUT2D eigenvalue weighted by atomic mass is 10.3. The van der Waals surface area contributed by atoms with Crippen molar-refractivity contribution in [3.05, 3.63) is 0 Å². The number of hydrogen-bond acceptors (Lipinski definition) is 3. The third-order valence-electron chi connectivity index (χ3n) is 1.07. The Morgan fingerprint density at radius 2 is 2.30 bits per heavy atom. The van der Waals surface area contributed by atoms with Crippen molar-refractivity contribution >= 4 is 18.0 Å². The molecular weight excluding hydrogens is 146 g/mol. The topological polar surface area (TPSA) is 43.1 Å². The van der Waals surface area contributed by atoms with E-state index in [4.69, 9.17) is 5.73 Å². The molecule has 0 spiro atoms. The Bertz CT molecular complexity index is 87.7. The summed E-state index contributed by atoms with van der Waals surface area (Å²) in [7, 11) is 0. The van der Waals surface area contributed by atoms with Crippen molar-refractivity contribution in [1.29, 1.82) is 0 Å². The average molecular weight is 160 g/mol. The van der Waals surface area contributed by atoms with Gasteiger partial charge in [-0.1, -0.05) is 6.92 Å². The molecule has 0 saturated heterocycles. The normalized spacial score (nSPS) is 13.0. The van der Waals surface area contributed by atoms with E-state index in [1.807, 2.05) is 11.8 Å². The van der Waals surface area contributed by atoms with Crippen LogP contribution in [0.1, 0.15) is 19.8 Å². The maximum Gasteiger partial charge on any atom is 0.216 e. The van der Waals surface area contributed by atoms with Crippen molar-refractivity contribution in [2.24, 2.45) is 5.73 Å². The summed E-state index contributed by atoms with van der Waals surface area (Å²) >= 11 is 1.84. The van der Waals surface area contributed by atoms with Gasteiger partial charge in [-0.15, -0.1) is 0 Å². The van der Waals surface area contributed by atoms with E-state index < -0.39 is 0 Å². The minimum atomic E-state index is -0.371. The first-order valence-corrected chi connectivity index (χ1v) is 4.67. The minimum absolute atomic E-state index is 0.371. The fourth-order valence-corrected chi connectivity index (χ4v) is 1.43. The average Bonchev–Trinajstić information content (AvgIpc) is 1.98. The van der Waals surface area contributed by atoms with Crippen molar-refractivity contribution in [1.82, 2.24) is 0 Å². The van der Waals surface area contributed by atoms with Gasteiger partial charge < -0.3 is 5.73 Å². The van der Waals surface area contributed by atoms with Crippen molar-refractivity contribution < 1.29 is 4.79 Å². The monoisotopic (exact) mass is 160 g/mol. The lowest BCUT2D eigenvalue weighted by Gasteiger charge is -2.00. The molecule has 0 aliphatic carbocycles. The molecule has 10 heavy (non-hydrogen) atoms. The molecule has 0 aromatic rings. The molecule has 0 bridgehead atoms. The van der Waals surface area contributed by atoms with Gasteiger partial charge in [0.05, 0.1) is 6.04 Å². The highest BCUT2D eigenvalue weighted by Gasteiger charge is 1.98. The second kappa shape index (κ2) is 7.09. The summed E-state index contributed by atoms with van der Waals surface area (Å²) in [5.74, 6) is 2.13. The summed E-state index contributed by atoms with van der Waals surface area (Å²) in [5.41, 5.74) is 5.32. The van der Waals surface area contributed by atoms with E-state index in [2.05, 4.69) is 6.92 Å². The van der Waals surface area contributed by atoms with E-state index in [1.165, 1.54) is 6.42 Å². The molecule has 59 valence electrons. The van der Waals surface area contributed by atoms with E-state index in [0.29, 0.717) is 0 Å². The molecule has 0 saturated carbocycles. The molecular formula is C7H14NOS. The predicted molar refractivity (Wildman–Crippen MR) is 45.9 cm³/mol. The first-order chi connectivity index (χ1) is 4.81. The molecule has 0 heterocycles. The van der Waals surface area contributed by atoms with Gasteiger partial charge in [0.1, 0.15) is 0 Å². The van der Waals surface area contributed by atoms with Gasteiger partial charge in [0.2, 0.25) is 6.29 Å². The highest BCUT2D eigenvalue weighted by molar-refractivity contribution is 7.99.